The van der Waals surface area contributed by atoms with Crippen molar-refractivity contribution in [1.29, 1.82) is 0 Å². The summed E-state index contributed by atoms with van der Waals surface area (Å²) in [5.74, 6) is 0.541. The van der Waals surface area contributed by atoms with E-state index in [0.717, 1.165) is 37.1 Å². The summed E-state index contributed by atoms with van der Waals surface area (Å²) in [6.45, 7) is 9.87. The molecule has 2 fully saturated rings. The highest BCUT2D eigenvalue weighted by molar-refractivity contribution is 5.80. The average molecular weight is 438 g/mol. The Morgan fingerprint density at radius 3 is 2.69 bits per heavy atom. The van der Waals surface area contributed by atoms with Gasteiger partial charge in [-0.3, -0.25) is 9.98 Å². The summed E-state index contributed by atoms with van der Waals surface area (Å²) in [5.41, 5.74) is 2.13. The third-order valence-electron chi connectivity index (χ3n) is 6.11. The van der Waals surface area contributed by atoms with Crippen LogP contribution < -0.4 is 4.90 Å². The lowest BCUT2D eigenvalue weighted by Gasteiger charge is -2.42. The SMILES string of the molecule is C=N/C=C(\C=NCc1ncccn1)C1CC1c1cc(F)c(F)c(N2CC(CC(C)C)C2)c1. The number of allylic oxidation sites excluding steroid dienone is 1. The van der Waals surface area contributed by atoms with Crippen LogP contribution >= 0.6 is 0 Å². The van der Waals surface area contributed by atoms with Gasteiger partial charge in [-0.1, -0.05) is 13.8 Å². The highest BCUT2D eigenvalue weighted by Gasteiger charge is 2.42. The van der Waals surface area contributed by atoms with Gasteiger partial charge in [0, 0.05) is 37.9 Å². The zero-order valence-corrected chi connectivity index (χ0v) is 18.6. The second-order valence-corrected chi connectivity index (χ2v) is 9.13. The van der Waals surface area contributed by atoms with E-state index in [9.17, 15) is 8.78 Å². The number of nitrogens with zero attached hydrogens (tertiary/aromatic N) is 5. The summed E-state index contributed by atoms with van der Waals surface area (Å²) in [6.07, 6.45) is 8.77. The van der Waals surface area contributed by atoms with Gasteiger partial charge in [0.25, 0.3) is 0 Å². The van der Waals surface area contributed by atoms with Gasteiger partial charge in [0.05, 0.1) is 12.2 Å². The molecule has 7 heteroatoms. The van der Waals surface area contributed by atoms with E-state index in [-0.39, 0.29) is 11.8 Å². The van der Waals surface area contributed by atoms with Gasteiger partial charge in [-0.25, -0.2) is 18.7 Å². The summed E-state index contributed by atoms with van der Waals surface area (Å²) in [6, 6.07) is 4.92. The molecule has 2 unspecified atom stereocenters. The molecule has 32 heavy (non-hydrogen) atoms. The van der Waals surface area contributed by atoms with Crippen molar-refractivity contribution < 1.29 is 8.78 Å². The van der Waals surface area contributed by atoms with Crippen molar-refractivity contribution in [3.8, 4) is 0 Å². The van der Waals surface area contributed by atoms with E-state index < -0.39 is 11.6 Å². The van der Waals surface area contributed by atoms with Crippen LogP contribution in [-0.2, 0) is 6.54 Å². The van der Waals surface area contributed by atoms with Gasteiger partial charge in [0.15, 0.2) is 11.6 Å². The van der Waals surface area contributed by atoms with E-state index in [1.54, 1.807) is 30.9 Å². The second kappa shape index (κ2) is 9.67. The van der Waals surface area contributed by atoms with Gasteiger partial charge in [-0.05, 0) is 72.6 Å². The van der Waals surface area contributed by atoms with Gasteiger partial charge in [-0.2, -0.15) is 0 Å². The molecular formula is C25H29F2N5. The zero-order valence-electron chi connectivity index (χ0n) is 18.6. The number of hydrogen-bond donors (Lipinski definition) is 0. The van der Waals surface area contributed by atoms with Gasteiger partial charge >= 0.3 is 0 Å². The molecule has 1 aliphatic carbocycles. The molecule has 1 aromatic heterocycles. The van der Waals surface area contributed by atoms with Gasteiger partial charge in [-0.15, -0.1) is 0 Å². The van der Waals surface area contributed by atoms with Crippen molar-refractivity contribution >= 4 is 18.6 Å². The molecule has 2 heterocycles. The highest BCUT2D eigenvalue weighted by atomic mass is 19.2. The molecule has 0 radical (unpaired) electrons. The summed E-state index contributed by atoms with van der Waals surface area (Å²) >= 11 is 0. The first-order valence-electron chi connectivity index (χ1n) is 11.1. The predicted molar refractivity (Wildman–Crippen MR) is 124 cm³/mol. The number of halogens is 2. The standard InChI is InChI=1S/C25H29F2N5/c1-16(2)7-17-14-32(15-17)23-9-18(8-22(26)25(23)27)20-10-21(20)19(11-28-3)12-29-13-24-30-5-4-6-31-24/h4-6,8-9,11-12,16-17,20-21H,3,7,10,13-15H2,1-2H3/b19-11+,29-12?. The molecule has 1 aromatic carbocycles. The predicted octanol–water partition coefficient (Wildman–Crippen LogP) is 5.20. The Kier molecular flexibility index (Phi) is 6.72. The van der Waals surface area contributed by atoms with Crippen LogP contribution in [0.5, 0.6) is 0 Å². The van der Waals surface area contributed by atoms with E-state index in [0.29, 0.717) is 29.9 Å². The quantitative estimate of drug-likeness (QED) is 0.507. The lowest BCUT2D eigenvalue weighted by molar-refractivity contribution is 0.333. The third-order valence-corrected chi connectivity index (χ3v) is 6.11. The molecule has 0 N–H and O–H groups in total. The number of anilines is 1. The van der Waals surface area contributed by atoms with Crippen molar-refractivity contribution in [2.45, 2.75) is 39.2 Å². The molecule has 2 aromatic rings. The number of rotatable bonds is 9. The van der Waals surface area contributed by atoms with E-state index in [4.69, 9.17) is 0 Å². The maximum Gasteiger partial charge on any atom is 0.182 e. The summed E-state index contributed by atoms with van der Waals surface area (Å²) < 4.78 is 29.0. The second-order valence-electron chi connectivity index (χ2n) is 9.13. The molecule has 5 nitrogen and oxygen atoms in total. The first-order valence-corrected chi connectivity index (χ1v) is 11.1. The van der Waals surface area contributed by atoms with Crippen LogP contribution in [0.4, 0.5) is 14.5 Å². The fourth-order valence-electron chi connectivity index (χ4n) is 4.53. The van der Waals surface area contributed by atoms with Crippen LogP contribution in [0.2, 0.25) is 0 Å². The van der Waals surface area contributed by atoms with Crippen LogP contribution in [-0.4, -0.2) is 36.0 Å². The van der Waals surface area contributed by atoms with E-state index in [1.165, 1.54) is 6.07 Å². The van der Waals surface area contributed by atoms with Crippen LogP contribution in [0.1, 0.15) is 44.0 Å². The summed E-state index contributed by atoms with van der Waals surface area (Å²) in [4.78, 5) is 18.6. The molecular weight excluding hydrogens is 408 g/mol. The number of benzene rings is 1. The maximum atomic E-state index is 14.5. The number of hydrogen-bond acceptors (Lipinski definition) is 5. The van der Waals surface area contributed by atoms with Crippen LogP contribution in [0.25, 0.3) is 0 Å². The molecule has 1 saturated carbocycles. The van der Waals surface area contributed by atoms with Crippen molar-refractivity contribution in [1.82, 2.24) is 9.97 Å². The van der Waals surface area contributed by atoms with Crippen molar-refractivity contribution in [3.05, 3.63) is 65.4 Å². The molecule has 168 valence electrons. The number of aromatic nitrogens is 2. The Balaban J connectivity index is 1.44. The van der Waals surface area contributed by atoms with Crippen LogP contribution in [0.15, 0.2) is 52.4 Å². The van der Waals surface area contributed by atoms with Crippen LogP contribution in [0, 0.1) is 29.4 Å². The first kappa shape index (κ1) is 22.2. The third kappa shape index (κ3) is 5.09. The lowest BCUT2D eigenvalue weighted by Crippen LogP contribution is -2.47. The normalized spacial score (nSPS) is 21.3. The van der Waals surface area contributed by atoms with Gasteiger partial charge < -0.3 is 4.90 Å². The first-order chi connectivity index (χ1) is 15.5. The van der Waals surface area contributed by atoms with Crippen molar-refractivity contribution in [2.24, 2.45) is 27.7 Å². The minimum atomic E-state index is -0.780. The monoisotopic (exact) mass is 437 g/mol. The van der Waals surface area contributed by atoms with Gasteiger partial charge in [0.1, 0.15) is 5.82 Å². The Bertz CT molecular complexity index is 1010. The van der Waals surface area contributed by atoms with E-state index in [2.05, 4.69) is 40.5 Å². The Hall–Kier alpha value is -2.96. The smallest absolute Gasteiger partial charge is 0.182 e. The molecule has 1 aliphatic heterocycles. The highest BCUT2D eigenvalue weighted by Crippen LogP contribution is 2.52. The van der Waals surface area contributed by atoms with Crippen molar-refractivity contribution in [2.75, 3.05) is 18.0 Å². The van der Waals surface area contributed by atoms with Gasteiger partial charge in [0.2, 0.25) is 0 Å². The van der Waals surface area contributed by atoms with Crippen LogP contribution in [0.3, 0.4) is 0 Å². The van der Waals surface area contributed by atoms with Crippen molar-refractivity contribution in [3.63, 3.8) is 0 Å². The largest absolute Gasteiger partial charge is 0.368 e. The minimum Gasteiger partial charge on any atom is -0.368 e. The molecule has 4 rings (SSSR count). The maximum absolute atomic E-state index is 14.5. The molecule has 0 spiro atoms. The summed E-state index contributed by atoms with van der Waals surface area (Å²) in [7, 11) is 0. The molecule has 2 aliphatic rings. The summed E-state index contributed by atoms with van der Waals surface area (Å²) in [5, 5.41) is 0. The van der Waals surface area contributed by atoms with E-state index >= 15 is 0 Å². The molecule has 0 amide bonds. The topological polar surface area (TPSA) is 53.7 Å². The molecule has 0 bridgehead atoms. The fraction of sp³-hybridized carbons (Fsp3) is 0.440. The Labute approximate surface area is 188 Å². The number of aliphatic imine (C=N–C) groups is 2. The lowest BCUT2D eigenvalue weighted by atomic mass is 9.89. The molecule has 2 atom stereocenters. The van der Waals surface area contributed by atoms with E-state index in [1.807, 2.05) is 11.0 Å². The fourth-order valence-corrected chi connectivity index (χ4v) is 4.53. The Morgan fingerprint density at radius 2 is 2.00 bits per heavy atom. The zero-order chi connectivity index (χ0) is 22.7. The Morgan fingerprint density at radius 1 is 1.25 bits per heavy atom. The minimum absolute atomic E-state index is 0.115. The average Bonchev–Trinajstić information content (AvgIpc) is 3.53. The molecule has 1 saturated heterocycles.